The summed E-state index contributed by atoms with van der Waals surface area (Å²) in [5.74, 6) is -0.560. The number of nitrogens with zero attached hydrogens (tertiary/aromatic N) is 2. The van der Waals surface area contributed by atoms with Crippen LogP contribution in [0.4, 0.5) is 14.9 Å². The highest BCUT2D eigenvalue weighted by Gasteiger charge is 2.32. The minimum absolute atomic E-state index is 0.0749. The molecule has 8 heteroatoms. The number of esters is 1. The molecule has 0 N–H and O–H groups in total. The van der Waals surface area contributed by atoms with E-state index < -0.39 is 17.9 Å². The highest BCUT2D eigenvalue weighted by atomic mass is 19.1. The van der Waals surface area contributed by atoms with E-state index in [-0.39, 0.29) is 30.7 Å². The molecule has 0 spiro atoms. The van der Waals surface area contributed by atoms with Crippen LogP contribution < -0.4 is 9.64 Å². The number of benzene rings is 2. The molecule has 2 aliphatic heterocycles. The van der Waals surface area contributed by atoms with Crippen LogP contribution >= 0.6 is 0 Å². The first-order chi connectivity index (χ1) is 15.5. The first-order valence-corrected chi connectivity index (χ1v) is 10.7. The largest absolute Gasteiger partial charge is 0.497 e. The molecule has 2 aliphatic rings. The van der Waals surface area contributed by atoms with Crippen LogP contribution in [0.3, 0.4) is 0 Å². The zero-order valence-corrected chi connectivity index (χ0v) is 18.3. The predicted octanol–water partition coefficient (Wildman–Crippen LogP) is 4.03. The van der Waals surface area contributed by atoms with Crippen LogP contribution in [0.1, 0.15) is 34.8 Å². The molecule has 2 atom stereocenters. The number of methoxy groups -OCH3 is 1. The van der Waals surface area contributed by atoms with Crippen molar-refractivity contribution >= 4 is 17.7 Å². The number of hydrogen-bond donors (Lipinski definition) is 0. The molecule has 2 fully saturated rings. The molecular formula is C24H27FN2O5. The summed E-state index contributed by atoms with van der Waals surface area (Å²) in [6.07, 6.45) is 1.38. The summed E-state index contributed by atoms with van der Waals surface area (Å²) in [7, 11) is 3.69. The molecule has 1 amide bonds. The Hall–Kier alpha value is -3.13. The lowest BCUT2D eigenvalue weighted by molar-refractivity contribution is 0.0232. The van der Waals surface area contributed by atoms with Gasteiger partial charge in [0.15, 0.2) is 0 Å². The van der Waals surface area contributed by atoms with E-state index in [4.69, 9.17) is 14.2 Å². The molecular weight excluding hydrogens is 415 g/mol. The smallest absolute Gasteiger partial charge is 0.414 e. The molecule has 0 aliphatic carbocycles. The van der Waals surface area contributed by atoms with Crippen LogP contribution in [0.2, 0.25) is 0 Å². The number of piperidine rings is 1. The number of likely N-dealkylation sites (tertiary alicyclic amines) is 1. The average Bonchev–Trinajstić information content (AvgIpc) is 3.24. The number of hydrogen-bond acceptors (Lipinski definition) is 6. The van der Waals surface area contributed by atoms with Crippen LogP contribution in [0.5, 0.6) is 5.75 Å². The van der Waals surface area contributed by atoms with Gasteiger partial charge in [-0.3, -0.25) is 9.80 Å². The highest BCUT2D eigenvalue weighted by molar-refractivity contribution is 5.94. The SMILES string of the molecule is COc1ccc([C@@H]2[C@H](COC(=O)c3cc(N4CCOC4=O)ccc3F)CCCN2C)cc1. The lowest BCUT2D eigenvalue weighted by atomic mass is 9.85. The Morgan fingerprint density at radius 2 is 1.97 bits per heavy atom. The zero-order chi connectivity index (χ0) is 22.7. The van der Waals surface area contributed by atoms with E-state index in [2.05, 4.69) is 11.9 Å². The maximum absolute atomic E-state index is 14.4. The Morgan fingerprint density at radius 1 is 1.19 bits per heavy atom. The number of carbonyl (C=O) groups is 2. The Balaban J connectivity index is 1.47. The van der Waals surface area contributed by atoms with Gasteiger partial charge in [-0.25, -0.2) is 14.0 Å². The van der Waals surface area contributed by atoms with E-state index in [0.29, 0.717) is 12.2 Å². The summed E-state index contributed by atoms with van der Waals surface area (Å²) < 4.78 is 30.1. The molecule has 0 aromatic heterocycles. The standard InChI is InChI=1S/C24H27FN2O5/c1-26-11-3-4-17(22(26)16-5-8-19(30-2)9-6-16)15-32-23(28)20-14-18(7-10-21(20)25)27-12-13-31-24(27)29/h5-10,14,17,22H,3-4,11-13,15H2,1-2H3/t17-,22+/m0/s1. The monoisotopic (exact) mass is 442 g/mol. The van der Waals surface area contributed by atoms with Gasteiger partial charge >= 0.3 is 12.1 Å². The van der Waals surface area contributed by atoms with Crippen molar-refractivity contribution in [1.82, 2.24) is 4.90 Å². The molecule has 32 heavy (non-hydrogen) atoms. The quantitative estimate of drug-likeness (QED) is 0.630. The minimum Gasteiger partial charge on any atom is -0.497 e. The molecule has 7 nitrogen and oxygen atoms in total. The van der Waals surface area contributed by atoms with Crippen molar-refractivity contribution in [2.45, 2.75) is 18.9 Å². The van der Waals surface area contributed by atoms with Gasteiger partial charge in [0.1, 0.15) is 18.2 Å². The zero-order valence-electron chi connectivity index (χ0n) is 18.3. The van der Waals surface area contributed by atoms with Crippen LogP contribution in [0.25, 0.3) is 0 Å². The van der Waals surface area contributed by atoms with E-state index in [9.17, 15) is 14.0 Å². The van der Waals surface area contributed by atoms with E-state index in [0.717, 1.165) is 30.7 Å². The Bertz CT molecular complexity index is 981. The third-order valence-corrected chi connectivity index (χ3v) is 6.14. The fraction of sp³-hybridized carbons (Fsp3) is 0.417. The Labute approximate surface area is 186 Å². The van der Waals surface area contributed by atoms with Crippen molar-refractivity contribution in [3.05, 3.63) is 59.4 Å². The van der Waals surface area contributed by atoms with Crippen LogP contribution in [0, 0.1) is 11.7 Å². The minimum atomic E-state index is -0.737. The van der Waals surface area contributed by atoms with Crippen molar-refractivity contribution in [1.29, 1.82) is 0 Å². The molecule has 2 saturated heterocycles. The van der Waals surface area contributed by atoms with Gasteiger partial charge < -0.3 is 14.2 Å². The summed E-state index contributed by atoms with van der Waals surface area (Å²) in [6, 6.07) is 11.9. The predicted molar refractivity (Wildman–Crippen MR) is 116 cm³/mol. The highest BCUT2D eigenvalue weighted by Crippen LogP contribution is 2.36. The third kappa shape index (κ3) is 4.55. The van der Waals surface area contributed by atoms with Crippen molar-refractivity contribution in [2.24, 2.45) is 5.92 Å². The molecule has 2 aromatic rings. The van der Waals surface area contributed by atoms with E-state index in [1.165, 1.54) is 23.1 Å². The molecule has 2 heterocycles. The van der Waals surface area contributed by atoms with E-state index >= 15 is 0 Å². The number of anilines is 1. The molecule has 0 saturated carbocycles. The van der Waals surface area contributed by atoms with Gasteiger partial charge in [-0.2, -0.15) is 0 Å². The molecule has 2 aromatic carbocycles. The number of rotatable bonds is 6. The summed E-state index contributed by atoms with van der Waals surface area (Å²) in [5, 5.41) is 0. The summed E-state index contributed by atoms with van der Waals surface area (Å²) in [4.78, 5) is 28.2. The van der Waals surface area contributed by atoms with Crippen LogP contribution in [-0.4, -0.2) is 57.4 Å². The number of halogens is 1. The Kier molecular flexibility index (Phi) is 6.60. The number of cyclic esters (lactones) is 1. The van der Waals surface area contributed by atoms with E-state index in [1.807, 2.05) is 24.3 Å². The van der Waals surface area contributed by atoms with Crippen molar-refractivity contribution in [2.75, 3.05) is 45.4 Å². The molecule has 0 radical (unpaired) electrons. The first-order valence-electron chi connectivity index (χ1n) is 10.7. The Morgan fingerprint density at radius 3 is 2.66 bits per heavy atom. The second kappa shape index (κ2) is 9.56. The van der Waals surface area contributed by atoms with Gasteiger partial charge in [-0.1, -0.05) is 12.1 Å². The van der Waals surface area contributed by atoms with Crippen molar-refractivity contribution in [3.8, 4) is 5.75 Å². The number of ether oxygens (including phenoxy) is 3. The van der Waals surface area contributed by atoms with Crippen LogP contribution in [-0.2, 0) is 9.47 Å². The molecule has 170 valence electrons. The topological polar surface area (TPSA) is 68.3 Å². The lowest BCUT2D eigenvalue weighted by Crippen LogP contribution is -2.38. The second-order valence-electron chi connectivity index (χ2n) is 8.13. The maximum atomic E-state index is 14.4. The number of amides is 1. The van der Waals surface area contributed by atoms with Crippen molar-refractivity contribution in [3.63, 3.8) is 0 Å². The second-order valence-corrected chi connectivity index (χ2v) is 8.13. The van der Waals surface area contributed by atoms with E-state index in [1.54, 1.807) is 7.11 Å². The molecule has 0 unspecified atom stereocenters. The van der Waals surface area contributed by atoms with Crippen molar-refractivity contribution < 1.29 is 28.2 Å². The van der Waals surface area contributed by atoms with Crippen LogP contribution in [0.15, 0.2) is 42.5 Å². The summed E-state index contributed by atoms with van der Waals surface area (Å²) >= 11 is 0. The number of carbonyl (C=O) groups excluding carboxylic acids is 2. The lowest BCUT2D eigenvalue weighted by Gasteiger charge is -2.39. The first kappa shape index (κ1) is 22.1. The average molecular weight is 442 g/mol. The van der Waals surface area contributed by atoms with Gasteiger partial charge in [-0.15, -0.1) is 0 Å². The third-order valence-electron chi connectivity index (χ3n) is 6.14. The summed E-state index contributed by atoms with van der Waals surface area (Å²) in [5.41, 5.74) is 1.34. The van der Waals surface area contributed by atoms with Gasteiger partial charge in [0.25, 0.3) is 0 Å². The van der Waals surface area contributed by atoms with Gasteiger partial charge in [0.2, 0.25) is 0 Å². The molecule has 0 bridgehead atoms. The fourth-order valence-corrected chi connectivity index (χ4v) is 4.49. The summed E-state index contributed by atoms with van der Waals surface area (Å²) in [6.45, 7) is 1.74. The van der Waals surface area contributed by atoms with Gasteiger partial charge in [0, 0.05) is 17.6 Å². The van der Waals surface area contributed by atoms with Gasteiger partial charge in [-0.05, 0) is 62.3 Å². The maximum Gasteiger partial charge on any atom is 0.414 e. The fourth-order valence-electron chi connectivity index (χ4n) is 4.49. The normalized spacial score (nSPS) is 21.3. The molecule has 4 rings (SSSR count). The van der Waals surface area contributed by atoms with Gasteiger partial charge in [0.05, 0.1) is 25.8 Å².